The number of phenols is 1. The number of azo groups is 2. The van der Waals surface area contributed by atoms with Crippen LogP contribution in [0.2, 0.25) is 0 Å². The predicted octanol–water partition coefficient (Wildman–Crippen LogP) is 4.99. The van der Waals surface area contributed by atoms with Crippen molar-refractivity contribution >= 4 is 17.3 Å². The molecular formula is C20H22N8O. The lowest BCUT2D eigenvalue weighted by Crippen LogP contribution is -2.21. The van der Waals surface area contributed by atoms with Gasteiger partial charge >= 0.3 is 0 Å². The van der Waals surface area contributed by atoms with Crippen molar-refractivity contribution in [1.82, 2.24) is 15.0 Å². The molecule has 0 aliphatic rings. The van der Waals surface area contributed by atoms with Crippen molar-refractivity contribution in [2.24, 2.45) is 20.5 Å². The Morgan fingerprint density at radius 2 is 1.62 bits per heavy atom. The molecule has 1 N–H and O–H groups in total. The minimum Gasteiger partial charge on any atom is -0.506 e. The number of pyridine rings is 1. The molecule has 0 bridgehead atoms. The third-order valence-electron chi connectivity index (χ3n) is 4.12. The average molecular weight is 390 g/mol. The predicted molar refractivity (Wildman–Crippen MR) is 110 cm³/mol. The lowest BCUT2D eigenvalue weighted by atomic mass is 10.2. The highest BCUT2D eigenvalue weighted by atomic mass is 16.3. The maximum atomic E-state index is 10.4. The Morgan fingerprint density at radius 3 is 2.28 bits per heavy atom. The van der Waals surface area contributed by atoms with Gasteiger partial charge in [0.2, 0.25) is 6.17 Å². The van der Waals surface area contributed by atoms with Crippen LogP contribution >= 0.6 is 0 Å². The van der Waals surface area contributed by atoms with Crippen molar-refractivity contribution in [1.29, 1.82) is 0 Å². The highest BCUT2D eigenvalue weighted by Crippen LogP contribution is 2.32. The summed E-state index contributed by atoms with van der Waals surface area (Å²) in [4.78, 5) is 14.4. The molecule has 9 nitrogen and oxygen atoms in total. The second kappa shape index (κ2) is 9.98. The van der Waals surface area contributed by atoms with Gasteiger partial charge in [-0.2, -0.15) is 5.11 Å². The summed E-state index contributed by atoms with van der Waals surface area (Å²) in [6.07, 6.45) is 4.01. The van der Waals surface area contributed by atoms with E-state index in [1.165, 1.54) is 0 Å². The van der Waals surface area contributed by atoms with Gasteiger partial charge in [-0.05, 0) is 44.2 Å². The zero-order valence-electron chi connectivity index (χ0n) is 16.3. The van der Waals surface area contributed by atoms with Crippen LogP contribution in [0.25, 0.3) is 0 Å². The van der Waals surface area contributed by atoms with Crippen molar-refractivity contribution in [3.05, 3.63) is 66.7 Å². The van der Waals surface area contributed by atoms with Gasteiger partial charge in [-0.25, -0.2) is 9.97 Å². The Kier molecular flexibility index (Phi) is 6.88. The molecule has 0 fully saturated rings. The molecule has 9 heteroatoms. The first-order valence-electron chi connectivity index (χ1n) is 9.28. The summed E-state index contributed by atoms with van der Waals surface area (Å²) in [6.45, 7) is 5.82. The summed E-state index contributed by atoms with van der Waals surface area (Å²) in [7, 11) is 0. The molecule has 1 atom stereocenters. The number of nitrogens with zero attached hydrogens (tertiary/aromatic N) is 8. The van der Waals surface area contributed by atoms with Crippen LogP contribution in [0.5, 0.6) is 5.75 Å². The normalized spacial score (nSPS) is 12.5. The molecule has 0 radical (unpaired) electrons. The summed E-state index contributed by atoms with van der Waals surface area (Å²) < 4.78 is 0. The van der Waals surface area contributed by atoms with E-state index < -0.39 is 6.17 Å². The number of hydrogen-bond donors (Lipinski definition) is 1. The molecule has 0 saturated heterocycles. The summed E-state index contributed by atoms with van der Waals surface area (Å²) in [5.74, 6) is 0.260. The number of benzene rings is 1. The molecule has 3 aromatic rings. The van der Waals surface area contributed by atoms with Crippen molar-refractivity contribution in [2.45, 2.75) is 20.0 Å². The fourth-order valence-electron chi connectivity index (χ4n) is 2.62. The lowest BCUT2D eigenvalue weighted by Gasteiger charge is -2.21. The number of anilines is 1. The maximum absolute atomic E-state index is 10.4. The van der Waals surface area contributed by atoms with E-state index in [1.807, 2.05) is 12.1 Å². The maximum Gasteiger partial charge on any atom is 0.268 e. The van der Waals surface area contributed by atoms with E-state index in [-0.39, 0.29) is 11.7 Å². The van der Waals surface area contributed by atoms with Gasteiger partial charge in [-0.15, -0.1) is 15.3 Å². The van der Waals surface area contributed by atoms with E-state index in [0.717, 1.165) is 18.8 Å². The SMILES string of the molecule is CCN(CC)c1ccc(N=NC(N=Nc2ncccn2)c2ccccn2)c(O)c1. The van der Waals surface area contributed by atoms with Gasteiger partial charge in [0.25, 0.3) is 5.95 Å². The molecule has 0 saturated carbocycles. The minimum absolute atomic E-state index is 0.0428. The first kappa shape index (κ1) is 20.0. The van der Waals surface area contributed by atoms with E-state index in [1.54, 1.807) is 48.9 Å². The van der Waals surface area contributed by atoms with E-state index >= 15 is 0 Å². The number of rotatable bonds is 8. The molecule has 148 valence electrons. The van der Waals surface area contributed by atoms with Crippen LogP contribution in [0, 0.1) is 0 Å². The van der Waals surface area contributed by atoms with Crippen LogP contribution in [-0.2, 0) is 0 Å². The minimum atomic E-state index is -0.790. The van der Waals surface area contributed by atoms with Crippen LogP contribution in [0.1, 0.15) is 25.7 Å². The molecule has 2 heterocycles. The van der Waals surface area contributed by atoms with Gasteiger partial charge in [-0.1, -0.05) is 6.07 Å². The Balaban J connectivity index is 1.86. The van der Waals surface area contributed by atoms with E-state index in [4.69, 9.17) is 0 Å². The fraction of sp³-hybridized carbons (Fsp3) is 0.250. The standard InChI is InChI=1S/C20H22N8O/c1-3-28(4-2)15-9-10-16(18(29)14-15)24-25-19(17-8-5-6-11-21-17)26-27-20-22-12-7-13-23-20/h5-14,19,29H,3-4H2,1-2H3. The van der Waals surface area contributed by atoms with Crippen molar-refractivity contribution in [3.63, 3.8) is 0 Å². The molecule has 1 aromatic carbocycles. The van der Waals surface area contributed by atoms with Crippen molar-refractivity contribution in [3.8, 4) is 5.75 Å². The van der Waals surface area contributed by atoms with Crippen LogP contribution in [-0.4, -0.2) is 33.1 Å². The number of aromatic hydroxyl groups is 1. The van der Waals surface area contributed by atoms with Gasteiger partial charge in [0.05, 0.1) is 5.69 Å². The molecular weight excluding hydrogens is 368 g/mol. The molecule has 0 aliphatic carbocycles. The first-order valence-corrected chi connectivity index (χ1v) is 9.28. The molecule has 3 rings (SSSR count). The third-order valence-corrected chi connectivity index (χ3v) is 4.12. The molecule has 0 aliphatic heterocycles. The van der Waals surface area contributed by atoms with Crippen molar-refractivity contribution in [2.75, 3.05) is 18.0 Å². The van der Waals surface area contributed by atoms with E-state index in [0.29, 0.717) is 11.4 Å². The summed E-state index contributed by atoms with van der Waals surface area (Å²) in [6, 6.07) is 12.4. The molecule has 2 aromatic heterocycles. The number of hydrogen-bond acceptors (Lipinski definition) is 9. The van der Waals surface area contributed by atoms with E-state index in [2.05, 4.69) is 54.2 Å². The Morgan fingerprint density at radius 1 is 0.897 bits per heavy atom. The second-order valence-electron chi connectivity index (χ2n) is 5.95. The zero-order valence-corrected chi connectivity index (χ0v) is 16.3. The Bertz CT molecular complexity index is 959. The second-order valence-corrected chi connectivity index (χ2v) is 5.95. The van der Waals surface area contributed by atoms with Crippen LogP contribution in [0.15, 0.2) is 81.5 Å². The summed E-state index contributed by atoms with van der Waals surface area (Å²) >= 11 is 0. The smallest absolute Gasteiger partial charge is 0.268 e. The van der Waals surface area contributed by atoms with Crippen LogP contribution < -0.4 is 4.90 Å². The highest BCUT2D eigenvalue weighted by molar-refractivity contribution is 5.61. The Labute approximate surface area is 168 Å². The fourth-order valence-corrected chi connectivity index (χ4v) is 2.62. The van der Waals surface area contributed by atoms with Gasteiger partial charge < -0.3 is 10.0 Å². The molecule has 0 spiro atoms. The first-order chi connectivity index (χ1) is 14.2. The molecule has 29 heavy (non-hydrogen) atoms. The number of aromatic nitrogens is 3. The van der Waals surface area contributed by atoms with Crippen LogP contribution in [0.3, 0.4) is 0 Å². The van der Waals surface area contributed by atoms with Gasteiger partial charge in [0.1, 0.15) is 11.4 Å². The monoisotopic (exact) mass is 390 g/mol. The van der Waals surface area contributed by atoms with Crippen LogP contribution in [0.4, 0.5) is 17.3 Å². The quantitative estimate of drug-likeness (QED) is 0.545. The topological polar surface area (TPSA) is 112 Å². The van der Waals surface area contributed by atoms with Gasteiger partial charge in [-0.3, -0.25) is 4.98 Å². The van der Waals surface area contributed by atoms with Crippen molar-refractivity contribution < 1.29 is 5.11 Å². The number of phenolic OH excluding ortho intramolecular Hbond substituents is 1. The summed E-state index contributed by atoms with van der Waals surface area (Å²) in [5, 5.41) is 26.9. The van der Waals surface area contributed by atoms with Gasteiger partial charge in [0, 0.05) is 43.4 Å². The molecule has 0 amide bonds. The largest absolute Gasteiger partial charge is 0.506 e. The zero-order chi connectivity index (χ0) is 20.5. The average Bonchev–Trinajstić information content (AvgIpc) is 2.77. The third kappa shape index (κ3) is 5.38. The molecule has 1 unspecified atom stereocenters. The lowest BCUT2D eigenvalue weighted by molar-refractivity contribution is 0.475. The van der Waals surface area contributed by atoms with E-state index in [9.17, 15) is 5.11 Å². The van der Waals surface area contributed by atoms with Gasteiger partial charge in [0.15, 0.2) is 0 Å². The summed E-state index contributed by atoms with van der Waals surface area (Å²) in [5.41, 5.74) is 1.83. The Hall–Kier alpha value is -3.75. The highest BCUT2D eigenvalue weighted by Gasteiger charge is 2.12.